The van der Waals surface area contributed by atoms with Gasteiger partial charge in [-0.3, -0.25) is 0 Å². The van der Waals surface area contributed by atoms with Crippen molar-refractivity contribution in [3.63, 3.8) is 0 Å². The second-order valence-corrected chi connectivity index (χ2v) is 7.07. The van der Waals surface area contributed by atoms with Crippen LogP contribution in [0.15, 0.2) is 40.7 Å². The van der Waals surface area contributed by atoms with E-state index in [-0.39, 0.29) is 35.9 Å². The SMILES string of the molecule is C[C@@H](C[C@H](CCc1ccccc1)N=O)[C@@H]1C2COO[C@H]2C[C@H]1N=O. The molecule has 2 fully saturated rings. The van der Waals surface area contributed by atoms with E-state index in [9.17, 15) is 9.81 Å². The molecule has 6 nitrogen and oxygen atoms in total. The number of hydrogen-bond donors (Lipinski definition) is 0. The van der Waals surface area contributed by atoms with Crippen LogP contribution >= 0.6 is 0 Å². The Balaban J connectivity index is 1.58. The molecular formula is C18H24N2O4. The number of aryl methyl sites for hydroxylation is 1. The zero-order valence-electron chi connectivity index (χ0n) is 13.9. The van der Waals surface area contributed by atoms with Crippen LogP contribution in [0.3, 0.4) is 0 Å². The fourth-order valence-corrected chi connectivity index (χ4v) is 4.33. The van der Waals surface area contributed by atoms with Crippen LogP contribution in [0, 0.1) is 27.6 Å². The van der Waals surface area contributed by atoms with Gasteiger partial charge in [0.1, 0.15) is 6.10 Å². The van der Waals surface area contributed by atoms with E-state index in [1.165, 1.54) is 5.56 Å². The Bertz CT molecular complexity index is 553. The molecule has 2 aliphatic rings. The molecule has 0 amide bonds. The fourth-order valence-electron chi connectivity index (χ4n) is 4.33. The molecule has 6 atom stereocenters. The number of benzene rings is 1. The first-order valence-electron chi connectivity index (χ1n) is 8.70. The van der Waals surface area contributed by atoms with Crippen LogP contribution in [-0.2, 0) is 16.2 Å². The van der Waals surface area contributed by atoms with E-state index in [0.717, 1.165) is 12.8 Å². The third-order valence-electron chi connectivity index (χ3n) is 5.54. The van der Waals surface area contributed by atoms with Gasteiger partial charge in [-0.05, 0) is 36.7 Å². The van der Waals surface area contributed by atoms with E-state index in [1.54, 1.807) is 0 Å². The van der Waals surface area contributed by atoms with Crippen LogP contribution in [0.25, 0.3) is 0 Å². The van der Waals surface area contributed by atoms with Gasteiger partial charge in [0, 0.05) is 12.3 Å². The summed E-state index contributed by atoms with van der Waals surface area (Å²) < 4.78 is 0. The summed E-state index contributed by atoms with van der Waals surface area (Å²) in [7, 11) is 0. The molecule has 1 saturated heterocycles. The second kappa shape index (κ2) is 7.94. The maximum Gasteiger partial charge on any atom is 0.101 e. The van der Waals surface area contributed by atoms with E-state index in [1.807, 2.05) is 18.2 Å². The molecule has 0 N–H and O–H groups in total. The highest BCUT2D eigenvalue weighted by atomic mass is 17.2. The average molecular weight is 332 g/mol. The molecule has 1 aromatic rings. The first-order valence-corrected chi connectivity index (χ1v) is 8.70. The van der Waals surface area contributed by atoms with Crippen LogP contribution in [0.4, 0.5) is 0 Å². The second-order valence-electron chi connectivity index (χ2n) is 7.07. The first-order chi connectivity index (χ1) is 11.7. The summed E-state index contributed by atoms with van der Waals surface area (Å²) in [5, 5.41) is 6.63. The topological polar surface area (TPSA) is 77.3 Å². The Kier molecular flexibility index (Phi) is 5.68. The van der Waals surface area contributed by atoms with Crippen molar-refractivity contribution in [1.29, 1.82) is 0 Å². The van der Waals surface area contributed by atoms with Crippen molar-refractivity contribution in [2.24, 2.45) is 28.1 Å². The standard InChI is InChI=1S/C18H24N2O4/c1-12(18-15-11-23-24-17(15)10-16(18)20-22)9-14(19-21)8-7-13-5-3-2-4-6-13/h2-6,12,14-18H,7-11H2,1H3/t12-,14-,15?,16+,17-,18+/m0/s1. The Morgan fingerprint density at radius 3 is 2.75 bits per heavy atom. The number of nitrogens with zero attached hydrogens (tertiary/aromatic N) is 2. The molecule has 6 heteroatoms. The van der Waals surface area contributed by atoms with Gasteiger partial charge in [-0.25, -0.2) is 9.78 Å². The first kappa shape index (κ1) is 17.2. The van der Waals surface area contributed by atoms with Crippen molar-refractivity contribution in [1.82, 2.24) is 0 Å². The van der Waals surface area contributed by atoms with Gasteiger partial charge in [-0.1, -0.05) is 47.6 Å². The minimum atomic E-state index is -0.250. The number of rotatable bonds is 8. The van der Waals surface area contributed by atoms with Gasteiger partial charge in [0.2, 0.25) is 0 Å². The quantitative estimate of drug-likeness (QED) is 0.534. The lowest BCUT2D eigenvalue weighted by molar-refractivity contribution is -0.275. The molecule has 0 bridgehead atoms. The minimum absolute atomic E-state index is 0.0351. The summed E-state index contributed by atoms with van der Waals surface area (Å²) in [6.45, 7) is 2.60. The van der Waals surface area contributed by atoms with Gasteiger partial charge in [0.15, 0.2) is 0 Å². The third kappa shape index (κ3) is 3.70. The summed E-state index contributed by atoms with van der Waals surface area (Å²) >= 11 is 0. The summed E-state index contributed by atoms with van der Waals surface area (Å²) in [6, 6.07) is 9.62. The molecule has 3 rings (SSSR count). The molecule has 24 heavy (non-hydrogen) atoms. The monoisotopic (exact) mass is 332 g/mol. The van der Waals surface area contributed by atoms with Crippen molar-refractivity contribution in [2.45, 2.75) is 50.8 Å². The van der Waals surface area contributed by atoms with Gasteiger partial charge in [-0.2, -0.15) is 9.81 Å². The van der Waals surface area contributed by atoms with E-state index < -0.39 is 0 Å². The van der Waals surface area contributed by atoms with Crippen LogP contribution in [0.5, 0.6) is 0 Å². The van der Waals surface area contributed by atoms with E-state index >= 15 is 0 Å². The molecule has 1 aromatic carbocycles. The van der Waals surface area contributed by atoms with Crippen LogP contribution < -0.4 is 0 Å². The number of hydrogen-bond acceptors (Lipinski definition) is 6. The molecular weight excluding hydrogens is 308 g/mol. The maximum absolute atomic E-state index is 11.3. The smallest absolute Gasteiger partial charge is 0.101 e. The Hall–Kier alpha value is -1.66. The van der Waals surface area contributed by atoms with Crippen molar-refractivity contribution < 1.29 is 9.78 Å². The van der Waals surface area contributed by atoms with Crippen LogP contribution in [-0.4, -0.2) is 24.8 Å². The lowest BCUT2D eigenvalue weighted by Gasteiger charge is -2.27. The van der Waals surface area contributed by atoms with Gasteiger partial charge >= 0.3 is 0 Å². The van der Waals surface area contributed by atoms with Gasteiger partial charge < -0.3 is 0 Å². The maximum atomic E-state index is 11.3. The fraction of sp³-hybridized carbons (Fsp3) is 0.667. The summed E-state index contributed by atoms with van der Waals surface area (Å²) in [5.41, 5.74) is 1.21. The molecule has 1 unspecified atom stereocenters. The van der Waals surface area contributed by atoms with Crippen molar-refractivity contribution in [3.8, 4) is 0 Å². The van der Waals surface area contributed by atoms with E-state index in [0.29, 0.717) is 19.4 Å². The zero-order chi connectivity index (χ0) is 16.9. The predicted octanol–water partition coefficient (Wildman–Crippen LogP) is 3.88. The Morgan fingerprint density at radius 1 is 1.25 bits per heavy atom. The van der Waals surface area contributed by atoms with Crippen molar-refractivity contribution in [3.05, 3.63) is 45.7 Å². The van der Waals surface area contributed by atoms with E-state index in [4.69, 9.17) is 9.78 Å². The highest BCUT2D eigenvalue weighted by Gasteiger charge is 2.51. The highest BCUT2D eigenvalue weighted by molar-refractivity contribution is 5.14. The highest BCUT2D eigenvalue weighted by Crippen LogP contribution is 2.45. The van der Waals surface area contributed by atoms with Crippen LogP contribution in [0.2, 0.25) is 0 Å². The Morgan fingerprint density at radius 2 is 2.04 bits per heavy atom. The van der Waals surface area contributed by atoms with Crippen molar-refractivity contribution in [2.75, 3.05) is 6.61 Å². The summed E-state index contributed by atoms with van der Waals surface area (Å²) in [4.78, 5) is 32.8. The summed E-state index contributed by atoms with van der Waals surface area (Å²) in [5.74, 6) is 0.492. The Labute approximate surface area is 141 Å². The lowest BCUT2D eigenvalue weighted by Crippen LogP contribution is -2.29. The normalized spacial score (nSPS) is 31.4. The van der Waals surface area contributed by atoms with E-state index in [2.05, 4.69) is 29.4 Å². The van der Waals surface area contributed by atoms with Crippen molar-refractivity contribution >= 4 is 0 Å². The van der Waals surface area contributed by atoms with Gasteiger partial charge in [0.25, 0.3) is 0 Å². The predicted molar refractivity (Wildman–Crippen MR) is 90.1 cm³/mol. The minimum Gasteiger partial charge on any atom is -0.236 e. The average Bonchev–Trinajstić information content (AvgIpc) is 3.19. The molecule has 1 aliphatic heterocycles. The lowest BCUT2D eigenvalue weighted by atomic mass is 9.79. The molecule has 1 aliphatic carbocycles. The zero-order valence-corrected chi connectivity index (χ0v) is 13.9. The number of nitroso groups, excluding NO2 is 2. The molecule has 1 heterocycles. The van der Waals surface area contributed by atoms with Gasteiger partial charge in [0.05, 0.1) is 18.7 Å². The molecule has 0 aromatic heterocycles. The molecule has 0 spiro atoms. The summed E-state index contributed by atoms with van der Waals surface area (Å²) in [6.07, 6.45) is 2.82. The molecule has 1 saturated carbocycles. The van der Waals surface area contributed by atoms with Gasteiger partial charge in [-0.15, -0.1) is 0 Å². The number of fused-ring (bicyclic) bond motifs is 1. The van der Waals surface area contributed by atoms with Crippen LogP contribution in [0.1, 0.15) is 31.7 Å². The molecule has 130 valence electrons. The largest absolute Gasteiger partial charge is 0.236 e. The third-order valence-corrected chi connectivity index (χ3v) is 5.54. The molecule has 0 radical (unpaired) electrons.